The Bertz CT molecular complexity index is 1740. The van der Waals surface area contributed by atoms with E-state index in [-0.39, 0.29) is 18.3 Å². The zero-order valence-electron chi connectivity index (χ0n) is 21.3. The van der Waals surface area contributed by atoms with Crippen LogP contribution in [0, 0.1) is 5.82 Å². The summed E-state index contributed by atoms with van der Waals surface area (Å²) < 4.78 is 25.6. The van der Waals surface area contributed by atoms with E-state index in [9.17, 15) is 9.18 Å². The predicted octanol–water partition coefficient (Wildman–Crippen LogP) is 6.83. The summed E-state index contributed by atoms with van der Waals surface area (Å²) in [4.78, 5) is 24.1. The lowest BCUT2D eigenvalue weighted by molar-refractivity contribution is -0.129. The van der Waals surface area contributed by atoms with E-state index in [2.05, 4.69) is 21.4 Å². The van der Waals surface area contributed by atoms with Gasteiger partial charge in [0, 0.05) is 34.9 Å². The Kier molecular flexibility index (Phi) is 7.59. The predicted molar refractivity (Wildman–Crippen MR) is 157 cm³/mol. The van der Waals surface area contributed by atoms with Gasteiger partial charge in [-0.1, -0.05) is 35.9 Å². The normalized spacial score (nSPS) is 13.8. The third kappa shape index (κ3) is 5.77. The number of halogens is 2. The molecule has 0 aliphatic carbocycles. The summed E-state index contributed by atoms with van der Waals surface area (Å²) in [7, 11) is 0. The van der Waals surface area contributed by atoms with Crippen molar-refractivity contribution in [3.63, 3.8) is 0 Å². The number of nitrogens with zero attached hydrogens (tertiary/aromatic N) is 3. The van der Waals surface area contributed by atoms with Gasteiger partial charge in [0.05, 0.1) is 23.6 Å². The molecule has 0 atom stereocenters. The number of fused-ring (bicyclic) bond motifs is 3. The minimum Gasteiger partial charge on any atom is -0.487 e. The largest absolute Gasteiger partial charge is 0.487 e. The van der Waals surface area contributed by atoms with Gasteiger partial charge in [-0.25, -0.2) is 14.4 Å². The lowest BCUT2D eigenvalue weighted by atomic mass is 10.1. The van der Waals surface area contributed by atoms with Crippen molar-refractivity contribution in [1.29, 1.82) is 0 Å². The van der Waals surface area contributed by atoms with E-state index in [1.54, 1.807) is 46.6 Å². The van der Waals surface area contributed by atoms with Gasteiger partial charge >= 0.3 is 0 Å². The van der Waals surface area contributed by atoms with Gasteiger partial charge in [0.25, 0.3) is 0 Å². The molecule has 7 nitrogen and oxygen atoms in total. The molecule has 1 aliphatic heterocycles. The fourth-order valence-corrected chi connectivity index (χ4v) is 5.83. The van der Waals surface area contributed by atoms with Crippen LogP contribution in [0.25, 0.3) is 26.4 Å². The second-order valence-corrected chi connectivity index (χ2v) is 10.7. The van der Waals surface area contributed by atoms with Crippen molar-refractivity contribution in [3.8, 4) is 5.75 Å². The molecule has 0 bridgehead atoms. The second kappa shape index (κ2) is 11.6. The van der Waals surface area contributed by atoms with Crippen LogP contribution in [-0.4, -0.2) is 47.1 Å². The number of benzene rings is 3. The highest BCUT2D eigenvalue weighted by Gasteiger charge is 2.15. The lowest BCUT2D eigenvalue weighted by Crippen LogP contribution is -2.39. The average Bonchev–Trinajstić information content (AvgIpc) is 3.35. The highest BCUT2D eigenvalue weighted by Crippen LogP contribution is 2.38. The molecule has 5 aromatic rings. The van der Waals surface area contributed by atoms with Crippen LogP contribution < -0.4 is 10.1 Å². The summed E-state index contributed by atoms with van der Waals surface area (Å²) in [6, 6.07) is 17.7. The number of ether oxygens (including phenoxy) is 2. The van der Waals surface area contributed by atoms with Crippen LogP contribution in [0.2, 0.25) is 5.02 Å². The maximum Gasteiger partial charge on any atom is 0.246 e. The van der Waals surface area contributed by atoms with Gasteiger partial charge in [-0.2, -0.15) is 0 Å². The topological polar surface area (TPSA) is 76.6 Å². The van der Waals surface area contributed by atoms with Gasteiger partial charge in [0.1, 0.15) is 35.1 Å². The number of anilines is 2. The van der Waals surface area contributed by atoms with E-state index in [0.717, 1.165) is 31.6 Å². The quantitative estimate of drug-likeness (QED) is 0.215. The van der Waals surface area contributed by atoms with Crippen LogP contribution >= 0.6 is 22.9 Å². The molecule has 0 radical (unpaired) electrons. The van der Waals surface area contributed by atoms with Crippen LogP contribution in [0.5, 0.6) is 5.75 Å². The van der Waals surface area contributed by atoms with Crippen molar-refractivity contribution < 1.29 is 18.7 Å². The monoisotopic (exact) mass is 574 g/mol. The third-order valence-corrected chi connectivity index (χ3v) is 7.87. The molecule has 1 N–H and O–H groups in total. The number of hydrogen-bond donors (Lipinski definition) is 1. The molecule has 3 aromatic carbocycles. The molecule has 40 heavy (non-hydrogen) atoms. The number of amides is 1. The highest BCUT2D eigenvalue weighted by atomic mass is 35.5. The Labute approximate surface area is 238 Å². The standard InChI is InChI=1S/C30H24ClFN4O3S/c31-24-16-22(6-8-25(24)39-17-20-2-1-3-21(32)14-20)35-29-28-23-7-4-19(15-26(23)40-30(28)34-18-33-29)5-9-27(37)36-10-12-38-13-11-36/h1-9,14-16,18H,10-13,17H2,(H,33,34,35)/b9-5+. The van der Waals surface area contributed by atoms with Crippen molar-refractivity contribution in [2.75, 3.05) is 31.6 Å². The van der Waals surface area contributed by atoms with E-state index >= 15 is 0 Å². The highest BCUT2D eigenvalue weighted by molar-refractivity contribution is 7.25. The summed E-state index contributed by atoms with van der Waals surface area (Å²) in [5.41, 5.74) is 2.39. The zero-order chi connectivity index (χ0) is 27.5. The van der Waals surface area contributed by atoms with Crippen LogP contribution in [0.15, 0.2) is 73.1 Å². The molecule has 1 amide bonds. The van der Waals surface area contributed by atoms with Crippen molar-refractivity contribution in [3.05, 3.63) is 95.0 Å². The van der Waals surface area contributed by atoms with E-state index in [1.165, 1.54) is 18.5 Å². The summed E-state index contributed by atoms with van der Waals surface area (Å²) in [5.74, 6) is 0.834. The first-order chi connectivity index (χ1) is 19.5. The van der Waals surface area contributed by atoms with Crippen molar-refractivity contribution in [1.82, 2.24) is 14.9 Å². The summed E-state index contributed by atoms with van der Waals surface area (Å²) in [5, 5.41) is 5.70. The van der Waals surface area contributed by atoms with E-state index in [0.29, 0.717) is 48.5 Å². The molecule has 10 heteroatoms. The fraction of sp³-hybridized carbons (Fsp3) is 0.167. The number of nitrogens with one attached hydrogen (secondary N) is 1. The molecule has 1 fully saturated rings. The van der Waals surface area contributed by atoms with Crippen LogP contribution in [0.1, 0.15) is 11.1 Å². The number of carbonyl (C=O) groups excluding carboxylic acids is 1. The summed E-state index contributed by atoms with van der Waals surface area (Å²) in [6.07, 6.45) is 4.98. The molecule has 2 aromatic heterocycles. The van der Waals surface area contributed by atoms with Gasteiger partial charge in [-0.15, -0.1) is 11.3 Å². The smallest absolute Gasteiger partial charge is 0.246 e. The maximum atomic E-state index is 13.4. The number of hydrogen-bond acceptors (Lipinski definition) is 7. The number of aromatic nitrogens is 2. The number of rotatable bonds is 7. The lowest BCUT2D eigenvalue weighted by Gasteiger charge is -2.25. The number of thiophene rings is 1. The molecule has 0 saturated carbocycles. The summed E-state index contributed by atoms with van der Waals surface area (Å²) in [6.45, 7) is 2.58. The van der Waals surface area contributed by atoms with Crippen molar-refractivity contribution in [2.24, 2.45) is 0 Å². The zero-order valence-corrected chi connectivity index (χ0v) is 22.8. The summed E-state index contributed by atoms with van der Waals surface area (Å²) >= 11 is 8.06. The van der Waals surface area contributed by atoms with E-state index in [4.69, 9.17) is 21.1 Å². The third-order valence-electron chi connectivity index (χ3n) is 6.51. The van der Waals surface area contributed by atoms with Crippen molar-refractivity contribution in [2.45, 2.75) is 6.61 Å². The van der Waals surface area contributed by atoms with Gasteiger partial charge in [-0.05, 0) is 53.6 Å². The first-order valence-corrected chi connectivity index (χ1v) is 13.9. The van der Waals surface area contributed by atoms with Gasteiger partial charge in [-0.3, -0.25) is 4.79 Å². The first kappa shape index (κ1) is 26.2. The minimum atomic E-state index is -0.310. The van der Waals surface area contributed by atoms with E-state index in [1.807, 2.05) is 24.3 Å². The fourth-order valence-electron chi connectivity index (χ4n) is 4.50. The van der Waals surface area contributed by atoms with Crippen LogP contribution in [0.3, 0.4) is 0 Å². The molecule has 6 rings (SSSR count). The SMILES string of the molecule is O=C(/C=C/c1ccc2c(c1)sc1ncnc(Nc3ccc(OCc4cccc(F)c4)c(Cl)c3)c12)N1CCOCC1. The Hall–Kier alpha value is -4.05. The Morgan fingerprint density at radius 3 is 2.83 bits per heavy atom. The van der Waals surface area contributed by atoms with Crippen LogP contribution in [0.4, 0.5) is 15.9 Å². The van der Waals surface area contributed by atoms with Crippen molar-refractivity contribution >= 4 is 66.7 Å². The molecule has 3 heterocycles. The molecule has 1 saturated heterocycles. The molecular formula is C30H24ClFN4O3S. The Morgan fingerprint density at radius 2 is 2.00 bits per heavy atom. The van der Waals surface area contributed by atoms with Gasteiger partial charge < -0.3 is 19.7 Å². The molecule has 202 valence electrons. The molecule has 0 unspecified atom stereocenters. The minimum absolute atomic E-state index is 0.0128. The number of carbonyl (C=O) groups is 1. The Morgan fingerprint density at radius 1 is 1.12 bits per heavy atom. The first-order valence-electron chi connectivity index (χ1n) is 12.7. The maximum absolute atomic E-state index is 13.4. The second-order valence-electron chi connectivity index (χ2n) is 9.22. The average molecular weight is 575 g/mol. The molecule has 1 aliphatic rings. The molecular weight excluding hydrogens is 551 g/mol. The van der Waals surface area contributed by atoms with Gasteiger partial charge in [0.15, 0.2) is 0 Å². The van der Waals surface area contributed by atoms with E-state index < -0.39 is 0 Å². The number of morpholine rings is 1. The van der Waals surface area contributed by atoms with Crippen LogP contribution in [-0.2, 0) is 16.1 Å². The molecule has 0 spiro atoms. The van der Waals surface area contributed by atoms with Gasteiger partial charge in [0.2, 0.25) is 5.91 Å². The Balaban J connectivity index is 1.20.